The van der Waals surface area contributed by atoms with Crippen LogP contribution in [0, 0.1) is 6.92 Å². The van der Waals surface area contributed by atoms with Crippen molar-refractivity contribution >= 4 is 61.8 Å². The van der Waals surface area contributed by atoms with Crippen LogP contribution in [-0.4, -0.2) is 65.1 Å². The molecule has 2 N–H and O–H groups in total. The summed E-state index contributed by atoms with van der Waals surface area (Å²) in [5.74, 6) is 0.752. The van der Waals surface area contributed by atoms with Crippen molar-refractivity contribution in [2.45, 2.75) is 29.9 Å². The van der Waals surface area contributed by atoms with E-state index in [1.165, 1.54) is 24.1 Å². The molecule has 0 spiro atoms. The second-order valence-electron chi connectivity index (χ2n) is 9.40. The number of ether oxygens (including phenoxy) is 1. The Morgan fingerprint density at radius 3 is 2.42 bits per heavy atom. The molecule has 0 unspecified atom stereocenters. The van der Waals surface area contributed by atoms with Gasteiger partial charge in [-0.2, -0.15) is 0 Å². The molecule has 40 heavy (non-hydrogen) atoms. The van der Waals surface area contributed by atoms with Crippen molar-refractivity contribution in [1.82, 2.24) is 20.1 Å². The minimum absolute atomic E-state index is 0.183. The molecule has 0 radical (unpaired) electrons. The van der Waals surface area contributed by atoms with Gasteiger partial charge in [-0.3, -0.25) is 0 Å². The monoisotopic (exact) mass is 601 g/mol. The number of aromatic nitrogens is 3. The number of methoxy groups -OCH3 is 1. The molecule has 1 aliphatic heterocycles. The standard InChI is InChI=1S/C27H25Cl2N5O5S/c1-15-13-16(23-20(28)7-8-22(39-2)24(23)29)14-21-25(15)31-26(33-32-21)30-17-3-5-18(6-4-17)40(37,38)19-9-11-34(12-10-19)27(35)36/h3-8,13-14,19H,9-12H2,1-2H3,(H,35,36)(H,30,31,33). The molecule has 1 aromatic heterocycles. The van der Waals surface area contributed by atoms with E-state index in [1.54, 1.807) is 30.3 Å². The number of nitrogens with zero attached hydrogens (tertiary/aromatic N) is 4. The first-order valence-corrected chi connectivity index (χ1v) is 14.6. The predicted octanol–water partition coefficient (Wildman–Crippen LogP) is 5.98. The van der Waals surface area contributed by atoms with Crippen LogP contribution in [-0.2, 0) is 9.84 Å². The van der Waals surface area contributed by atoms with Crippen molar-refractivity contribution in [2.24, 2.45) is 0 Å². The number of anilines is 2. The fraction of sp³-hybridized carbons (Fsp3) is 0.259. The Morgan fingerprint density at radius 2 is 1.77 bits per heavy atom. The van der Waals surface area contributed by atoms with Crippen LogP contribution in [0.5, 0.6) is 5.75 Å². The lowest BCUT2D eigenvalue weighted by Crippen LogP contribution is -2.41. The summed E-state index contributed by atoms with van der Waals surface area (Å²) in [6.45, 7) is 2.30. The summed E-state index contributed by atoms with van der Waals surface area (Å²) in [5, 5.41) is 20.9. The first-order valence-electron chi connectivity index (χ1n) is 12.3. The molecule has 2 heterocycles. The highest BCUT2D eigenvalue weighted by Crippen LogP contribution is 2.41. The number of sulfone groups is 1. The van der Waals surface area contributed by atoms with Crippen LogP contribution in [0.15, 0.2) is 53.4 Å². The number of piperidine rings is 1. The molecule has 10 nitrogen and oxygen atoms in total. The highest BCUT2D eigenvalue weighted by atomic mass is 35.5. The van der Waals surface area contributed by atoms with Gasteiger partial charge in [-0.05, 0) is 79.4 Å². The Balaban J connectivity index is 1.35. The number of benzene rings is 3. The third kappa shape index (κ3) is 5.36. The molecule has 1 fully saturated rings. The van der Waals surface area contributed by atoms with Crippen molar-refractivity contribution in [3.8, 4) is 16.9 Å². The molecule has 4 aromatic rings. The zero-order valence-corrected chi connectivity index (χ0v) is 23.9. The summed E-state index contributed by atoms with van der Waals surface area (Å²) in [7, 11) is -2.05. The molecule has 1 aliphatic rings. The number of carbonyl (C=O) groups is 1. The van der Waals surface area contributed by atoms with Crippen LogP contribution < -0.4 is 10.1 Å². The van der Waals surface area contributed by atoms with Crippen LogP contribution in [0.25, 0.3) is 22.2 Å². The second-order valence-corrected chi connectivity index (χ2v) is 12.4. The number of amides is 1. The van der Waals surface area contributed by atoms with Gasteiger partial charge in [0.2, 0.25) is 5.95 Å². The normalized spacial score (nSPS) is 14.3. The maximum Gasteiger partial charge on any atom is 0.407 e. The Labute approximate surface area is 240 Å². The summed E-state index contributed by atoms with van der Waals surface area (Å²) in [5.41, 5.74) is 3.97. The summed E-state index contributed by atoms with van der Waals surface area (Å²) < 4.78 is 31.5. The van der Waals surface area contributed by atoms with Crippen LogP contribution in [0.1, 0.15) is 18.4 Å². The Morgan fingerprint density at radius 1 is 1.07 bits per heavy atom. The van der Waals surface area contributed by atoms with E-state index in [-0.39, 0.29) is 36.8 Å². The average molecular weight is 603 g/mol. The average Bonchev–Trinajstić information content (AvgIpc) is 2.94. The fourth-order valence-electron chi connectivity index (χ4n) is 4.77. The van der Waals surface area contributed by atoms with E-state index in [0.29, 0.717) is 38.1 Å². The fourth-order valence-corrected chi connectivity index (χ4v) is 7.17. The lowest BCUT2D eigenvalue weighted by Gasteiger charge is -2.29. The lowest BCUT2D eigenvalue weighted by atomic mass is 10.0. The van der Waals surface area contributed by atoms with E-state index in [4.69, 9.17) is 33.0 Å². The van der Waals surface area contributed by atoms with Gasteiger partial charge < -0.3 is 20.1 Å². The minimum atomic E-state index is -3.59. The lowest BCUT2D eigenvalue weighted by molar-refractivity contribution is 0.136. The van der Waals surface area contributed by atoms with Gasteiger partial charge in [0.1, 0.15) is 11.3 Å². The molecule has 1 saturated heterocycles. The largest absolute Gasteiger partial charge is 0.495 e. The van der Waals surface area contributed by atoms with Gasteiger partial charge in [-0.25, -0.2) is 18.2 Å². The molecule has 13 heteroatoms. The van der Waals surface area contributed by atoms with E-state index in [0.717, 1.165) is 11.1 Å². The van der Waals surface area contributed by atoms with Crippen LogP contribution in [0.2, 0.25) is 10.0 Å². The van der Waals surface area contributed by atoms with Crippen molar-refractivity contribution < 1.29 is 23.1 Å². The first kappa shape index (κ1) is 27.9. The van der Waals surface area contributed by atoms with Gasteiger partial charge in [0.25, 0.3) is 0 Å². The number of rotatable bonds is 6. The number of hydrogen-bond donors (Lipinski definition) is 2. The molecule has 1 amide bonds. The van der Waals surface area contributed by atoms with E-state index in [1.807, 2.05) is 13.0 Å². The highest BCUT2D eigenvalue weighted by molar-refractivity contribution is 7.92. The number of hydrogen-bond acceptors (Lipinski definition) is 8. The number of carboxylic acid groups (broad SMARTS) is 1. The van der Waals surface area contributed by atoms with E-state index >= 15 is 0 Å². The molecular weight excluding hydrogens is 577 g/mol. The molecular formula is C27H25Cl2N5O5S. The van der Waals surface area contributed by atoms with E-state index in [2.05, 4.69) is 20.5 Å². The highest BCUT2D eigenvalue weighted by Gasteiger charge is 2.32. The van der Waals surface area contributed by atoms with Crippen molar-refractivity contribution in [3.63, 3.8) is 0 Å². The Kier molecular flexibility index (Phi) is 7.72. The minimum Gasteiger partial charge on any atom is -0.495 e. The summed E-state index contributed by atoms with van der Waals surface area (Å²) in [6.07, 6.45) is -0.497. The quantitative estimate of drug-likeness (QED) is 0.274. The van der Waals surface area contributed by atoms with Crippen LogP contribution in [0.3, 0.4) is 0 Å². The number of nitrogens with one attached hydrogen (secondary N) is 1. The zero-order valence-electron chi connectivity index (χ0n) is 21.6. The van der Waals surface area contributed by atoms with Gasteiger partial charge >= 0.3 is 6.09 Å². The van der Waals surface area contributed by atoms with E-state index in [9.17, 15) is 13.2 Å². The van der Waals surface area contributed by atoms with Gasteiger partial charge in [-0.1, -0.05) is 23.2 Å². The maximum atomic E-state index is 13.1. The van der Waals surface area contributed by atoms with Gasteiger partial charge in [-0.15, -0.1) is 10.2 Å². The van der Waals surface area contributed by atoms with Crippen LogP contribution >= 0.6 is 23.2 Å². The van der Waals surface area contributed by atoms with Crippen molar-refractivity contribution in [3.05, 3.63) is 64.1 Å². The first-order chi connectivity index (χ1) is 19.1. The van der Waals surface area contributed by atoms with Crippen molar-refractivity contribution in [1.29, 1.82) is 0 Å². The number of fused-ring (bicyclic) bond motifs is 1. The van der Waals surface area contributed by atoms with Crippen LogP contribution in [0.4, 0.5) is 16.4 Å². The number of halogens is 2. The molecule has 208 valence electrons. The predicted molar refractivity (Wildman–Crippen MR) is 154 cm³/mol. The number of aryl methyl sites for hydroxylation is 1. The molecule has 0 aliphatic carbocycles. The summed E-state index contributed by atoms with van der Waals surface area (Å²) >= 11 is 13.0. The topological polar surface area (TPSA) is 135 Å². The number of likely N-dealkylation sites (tertiary alicyclic amines) is 1. The third-order valence-corrected chi connectivity index (χ3v) is 9.87. The Hall–Kier alpha value is -3.67. The van der Waals surface area contributed by atoms with E-state index < -0.39 is 21.2 Å². The maximum absolute atomic E-state index is 13.1. The molecule has 5 rings (SSSR count). The molecule has 0 saturated carbocycles. The third-order valence-electron chi connectivity index (χ3n) is 6.91. The molecule has 0 atom stereocenters. The molecule has 3 aromatic carbocycles. The summed E-state index contributed by atoms with van der Waals surface area (Å²) in [6, 6.07) is 13.5. The SMILES string of the molecule is COc1ccc(Cl)c(-c2cc(C)c3nc(Nc4ccc(S(=O)(=O)C5CCN(C(=O)O)CC5)cc4)nnc3c2)c1Cl. The van der Waals surface area contributed by atoms with Crippen molar-refractivity contribution in [2.75, 3.05) is 25.5 Å². The molecule has 0 bridgehead atoms. The zero-order chi connectivity index (χ0) is 28.6. The summed E-state index contributed by atoms with van der Waals surface area (Å²) in [4.78, 5) is 17.1. The van der Waals surface area contributed by atoms with Gasteiger partial charge in [0.15, 0.2) is 9.84 Å². The second kappa shape index (κ2) is 11.1. The Bertz CT molecular complexity index is 1710. The van der Waals surface area contributed by atoms with Gasteiger partial charge in [0.05, 0.1) is 32.8 Å². The van der Waals surface area contributed by atoms with Gasteiger partial charge in [0, 0.05) is 24.3 Å². The smallest absolute Gasteiger partial charge is 0.407 e.